The molecule has 2 heterocycles. The number of thiazole rings is 1. The third-order valence-corrected chi connectivity index (χ3v) is 5.50. The van der Waals surface area contributed by atoms with Crippen molar-refractivity contribution in [2.75, 3.05) is 13.2 Å². The molecule has 114 valence electrons. The van der Waals surface area contributed by atoms with Crippen molar-refractivity contribution >= 4 is 11.3 Å². The molecule has 3 nitrogen and oxygen atoms in total. The summed E-state index contributed by atoms with van der Waals surface area (Å²) in [4.78, 5) is 6.20. The molecule has 0 bridgehead atoms. The molecule has 2 atom stereocenters. The summed E-state index contributed by atoms with van der Waals surface area (Å²) in [5.41, 5.74) is 1.22. The fourth-order valence-corrected chi connectivity index (χ4v) is 4.05. The molecular weight excluding hydrogens is 268 g/mol. The monoisotopic (exact) mass is 296 g/mol. The topological polar surface area (TPSA) is 34.2 Å². The average Bonchev–Trinajstić information content (AvgIpc) is 2.78. The maximum atomic E-state index is 5.95. The highest BCUT2D eigenvalue weighted by Crippen LogP contribution is 2.38. The van der Waals surface area contributed by atoms with Crippen molar-refractivity contribution in [3.8, 4) is 0 Å². The van der Waals surface area contributed by atoms with Gasteiger partial charge in [-0.1, -0.05) is 20.3 Å². The first-order valence-electron chi connectivity index (χ1n) is 7.92. The molecule has 0 spiro atoms. The van der Waals surface area contributed by atoms with Crippen LogP contribution in [0, 0.1) is 13.8 Å². The lowest BCUT2D eigenvalue weighted by Crippen LogP contribution is -2.49. The van der Waals surface area contributed by atoms with Gasteiger partial charge in [0.2, 0.25) is 0 Å². The molecule has 1 aromatic rings. The van der Waals surface area contributed by atoms with Crippen LogP contribution in [-0.2, 0) is 10.3 Å². The lowest BCUT2D eigenvalue weighted by atomic mass is 9.85. The highest BCUT2D eigenvalue weighted by Gasteiger charge is 2.40. The Morgan fingerprint density at radius 3 is 2.75 bits per heavy atom. The van der Waals surface area contributed by atoms with Crippen molar-refractivity contribution < 1.29 is 4.74 Å². The molecule has 2 unspecified atom stereocenters. The Kier molecular flexibility index (Phi) is 5.58. The van der Waals surface area contributed by atoms with Crippen LogP contribution < -0.4 is 5.32 Å². The largest absolute Gasteiger partial charge is 0.378 e. The molecule has 4 heteroatoms. The van der Waals surface area contributed by atoms with E-state index in [1.165, 1.54) is 22.0 Å². The molecule has 0 saturated carbocycles. The van der Waals surface area contributed by atoms with Crippen LogP contribution in [0.15, 0.2) is 0 Å². The standard InChI is InChI=1S/C16H28N2OS/c1-5-7-14-11-16(8-10-19-14,17-9-6-2)15-18-12(3)13(4)20-15/h14,17H,5-11H2,1-4H3. The summed E-state index contributed by atoms with van der Waals surface area (Å²) in [6.07, 6.45) is 5.98. The summed E-state index contributed by atoms with van der Waals surface area (Å²) in [5.74, 6) is 0. The number of hydrogen-bond acceptors (Lipinski definition) is 4. The Balaban J connectivity index is 2.24. The van der Waals surface area contributed by atoms with Crippen LogP contribution in [0.3, 0.4) is 0 Å². The second-order valence-corrected chi connectivity index (χ2v) is 7.11. The first-order valence-corrected chi connectivity index (χ1v) is 8.74. The minimum absolute atomic E-state index is 0.0395. The number of nitrogens with zero attached hydrogens (tertiary/aromatic N) is 1. The third-order valence-electron chi connectivity index (χ3n) is 4.22. The van der Waals surface area contributed by atoms with Gasteiger partial charge >= 0.3 is 0 Å². The second kappa shape index (κ2) is 7.01. The molecule has 0 aliphatic carbocycles. The number of nitrogens with one attached hydrogen (secondary N) is 1. The average molecular weight is 296 g/mol. The Morgan fingerprint density at radius 2 is 2.15 bits per heavy atom. The zero-order valence-electron chi connectivity index (χ0n) is 13.3. The smallest absolute Gasteiger partial charge is 0.113 e. The van der Waals surface area contributed by atoms with E-state index in [9.17, 15) is 0 Å². The lowest BCUT2D eigenvalue weighted by Gasteiger charge is -2.40. The molecule has 0 aromatic carbocycles. The molecular formula is C16H28N2OS. The van der Waals surface area contributed by atoms with E-state index in [0.717, 1.165) is 38.8 Å². The SMILES string of the molecule is CCCNC1(c2nc(C)c(C)s2)CCOC(CCC)C1. The van der Waals surface area contributed by atoms with Gasteiger partial charge in [-0.05, 0) is 46.1 Å². The van der Waals surface area contributed by atoms with E-state index < -0.39 is 0 Å². The van der Waals surface area contributed by atoms with Crippen molar-refractivity contribution in [3.63, 3.8) is 0 Å². The fourth-order valence-electron chi connectivity index (χ4n) is 2.93. The molecule has 1 aromatic heterocycles. The molecule has 1 aliphatic rings. The van der Waals surface area contributed by atoms with Crippen molar-refractivity contribution in [2.45, 2.75) is 71.4 Å². The number of rotatable bonds is 6. The molecule has 1 N–H and O–H groups in total. The normalized spacial score (nSPS) is 26.9. The summed E-state index contributed by atoms with van der Waals surface area (Å²) in [6.45, 7) is 10.6. The Labute approximate surface area is 127 Å². The molecule has 2 rings (SSSR count). The van der Waals surface area contributed by atoms with E-state index in [1.807, 2.05) is 11.3 Å². The van der Waals surface area contributed by atoms with Crippen LogP contribution in [0.4, 0.5) is 0 Å². The third kappa shape index (κ3) is 3.41. The van der Waals surface area contributed by atoms with Crippen molar-refractivity contribution in [1.29, 1.82) is 0 Å². The summed E-state index contributed by atoms with van der Waals surface area (Å²) in [5, 5.41) is 5.07. The molecule has 1 saturated heterocycles. The van der Waals surface area contributed by atoms with Crippen LogP contribution in [0.5, 0.6) is 0 Å². The van der Waals surface area contributed by atoms with Gasteiger partial charge < -0.3 is 10.1 Å². The van der Waals surface area contributed by atoms with Crippen LogP contribution in [-0.4, -0.2) is 24.2 Å². The molecule has 0 radical (unpaired) electrons. The Morgan fingerprint density at radius 1 is 1.35 bits per heavy atom. The highest BCUT2D eigenvalue weighted by atomic mass is 32.1. The predicted octanol–water partition coefficient (Wildman–Crippen LogP) is 3.93. The maximum absolute atomic E-state index is 5.95. The van der Waals surface area contributed by atoms with E-state index in [4.69, 9.17) is 9.72 Å². The summed E-state index contributed by atoms with van der Waals surface area (Å²) in [6, 6.07) is 0. The van der Waals surface area contributed by atoms with Gasteiger partial charge in [0.05, 0.1) is 17.3 Å². The quantitative estimate of drug-likeness (QED) is 0.863. The van der Waals surface area contributed by atoms with Gasteiger partial charge in [-0.2, -0.15) is 0 Å². The summed E-state index contributed by atoms with van der Waals surface area (Å²) < 4.78 is 5.95. The van der Waals surface area contributed by atoms with Crippen molar-refractivity contribution in [1.82, 2.24) is 10.3 Å². The van der Waals surface area contributed by atoms with Gasteiger partial charge in [-0.25, -0.2) is 4.98 Å². The van der Waals surface area contributed by atoms with E-state index >= 15 is 0 Å². The minimum Gasteiger partial charge on any atom is -0.378 e. The zero-order chi connectivity index (χ0) is 14.6. The van der Waals surface area contributed by atoms with E-state index in [0.29, 0.717) is 6.10 Å². The molecule has 1 aliphatic heterocycles. The van der Waals surface area contributed by atoms with Crippen LogP contribution in [0.2, 0.25) is 0 Å². The summed E-state index contributed by atoms with van der Waals surface area (Å²) in [7, 11) is 0. The number of aromatic nitrogens is 1. The Hall–Kier alpha value is -0.450. The first kappa shape index (κ1) is 15.9. The van der Waals surface area contributed by atoms with Crippen molar-refractivity contribution in [3.05, 3.63) is 15.6 Å². The van der Waals surface area contributed by atoms with E-state index in [2.05, 4.69) is 33.0 Å². The van der Waals surface area contributed by atoms with Gasteiger partial charge in [0.1, 0.15) is 5.01 Å². The Bertz CT molecular complexity index is 411. The highest BCUT2D eigenvalue weighted by molar-refractivity contribution is 7.11. The predicted molar refractivity (Wildman–Crippen MR) is 85.4 cm³/mol. The molecule has 1 fully saturated rings. The van der Waals surface area contributed by atoms with Crippen LogP contribution >= 0.6 is 11.3 Å². The number of ether oxygens (including phenoxy) is 1. The summed E-state index contributed by atoms with van der Waals surface area (Å²) >= 11 is 1.86. The maximum Gasteiger partial charge on any atom is 0.113 e. The number of aryl methyl sites for hydroxylation is 2. The number of hydrogen-bond donors (Lipinski definition) is 1. The molecule has 0 amide bonds. The minimum atomic E-state index is 0.0395. The molecule has 20 heavy (non-hydrogen) atoms. The fraction of sp³-hybridized carbons (Fsp3) is 0.812. The van der Waals surface area contributed by atoms with Gasteiger partial charge in [0.15, 0.2) is 0 Å². The van der Waals surface area contributed by atoms with E-state index in [-0.39, 0.29) is 5.54 Å². The van der Waals surface area contributed by atoms with Gasteiger partial charge in [0, 0.05) is 11.5 Å². The van der Waals surface area contributed by atoms with Crippen LogP contribution in [0.1, 0.15) is 61.5 Å². The van der Waals surface area contributed by atoms with Crippen molar-refractivity contribution in [2.24, 2.45) is 0 Å². The zero-order valence-corrected chi connectivity index (χ0v) is 14.1. The van der Waals surface area contributed by atoms with Gasteiger partial charge in [-0.3, -0.25) is 0 Å². The van der Waals surface area contributed by atoms with Gasteiger partial charge in [0.25, 0.3) is 0 Å². The van der Waals surface area contributed by atoms with E-state index in [1.54, 1.807) is 0 Å². The van der Waals surface area contributed by atoms with Crippen LogP contribution in [0.25, 0.3) is 0 Å². The van der Waals surface area contributed by atoms with Gasteiger partial charge in [-0.15, -0.1) is 11.3 Å². The second-order valence-electron chi connectivity index (χ2n) is 5.91. The first-order chi connectivity index (χ1) is 9.61. The lowest BCUT2D eigenvalue weighted by molar-refractivity contribution is -0.0349.